The largest absolute Gasteiger partial charge is 0.336 e. The fraction of sp³-hybridized carbons (Fsp3) is 0.600. The summed E-state index contributed by atoms with van der Waals surface area (Å²) >= 11 is 0. The van der Waals surface area contributed by atoms with E-state index in [2.05, 4.69) is 17.7 Å². The number of hydrogen-bond acceptors (Lipinski definition) is 1. The molecular formula is C5H9N2O. The number of amides is 2. The van der Waals surface area contributed by atoms with Crippen LogP contribution in [0.2, 0.25) is 0 Å². The molecule has 3 nitrogen and oxygen atoms in total. The summed E-state index contributed by atoms with van der Waals surface area (Å²) in [4.78, 5) is 10.4. The van der Waals surface area contributed by atoms with Crippen molar-refractivity contribution >= 4 is 6.03 Å². The van der Waals surface area contributed by atoms with Crippen molar-refractivity contribution in [3.8, 4) is 0 Å². The second-order valence-electron chi connectivity index (χ2n) is 1.92. The van der Waals surface area contributed by atoms with E-state index < -0.39 is 0 Å². The van der Waals surface area contributed by atoms with E-state index in [-0.39, 0.29) is 6.03 Å². The zero-order chi connectivity index (χ0) is 5.98. The number of carbonyl (C=O) groups excluding carboxylic acids is 1. The Balaban J connectivity index is 2.07. The van der Waals surface area contributed by atoms with E-state index in [1.807, 2.05) is 0 Å². The van der Waals surface area contributed by atoms with Crippen LogP contribution in [0.15, 0.2) is 0 Å². The zero-order valence-corrected chi connectivity index (χ0v) is 4.61. The Kier molecular flexibility index (Phi) is 1.37. The molecule has 0 atom stereocenters. The molecule has 2 N–H and O–H groups in total. The van der Waals surface area contributed by atoms with E-state index in [0.29, 0.717) is 6.04 Å². The average molecular weight is 113 g/mol. The summed E-state index contributed by atoms with van der Waals surface area (Å²) in [5.41, 5.74) is 0. The minimum atomic E-state index is -0.174. The van der Waals surface area contributed by atoms with Crippen LogP contribution in [0.4, 0.5) is 4.79 Å². The lowest BCUT2D eigenvalue weighted by molar-refractivity contribution is 0.243. The van der Waals surface area contributed by atoms with Crippen molar-refractivity contribution in [2.45, 2.75) is 18.9 Å². The molecular weight excluding hydrogens is 104 g/mol. The number of carbonyl (C=O) groups is 1. The zero-order valence-electron chi connectivity index (χ0n) is 4.61. The minimum absolute atomic E-state index is 0.174. The molecule has 0 spiro atoms. The van der Waals surface area contributed by atoms with Crippen LogP contribution in [0.5, 0.6) is 0 Å². The van der Waals surface area contributed by atoms with Crippen molar-refractivity contribution in [3.63, 3.8) is 0 Å². The van der Waals surface area contributed by atoms with Crippen molar-refractivity contribution in [1.82, 2.24) is 10.6 Å². The van der Waals surface area contributed by atoms with E-state index in [4.69, 9.17) is 0 Å². The molecule has 8 heavy (non-hydrogen) atoms. The van der Waals surface area contributed by atoms with Gasteiger partial charge < -0.3 is 10.6 Å². The monoisotopic (exact) mass is 113 g/mol. The molecule has 1 radical (unpaired) electrons. The summed E-state index contributed by atoms with van der Waals surface area (Å²) in [6.07, 6.45) is 2.24. The van der Waals surface area contributed by atoms with Gasteiger partial charge >= 0.3 is 6.03 Å². The van der Waals surface area contributed by atoms with Gasteiger partial charge in [0.1, 0.15) is 0 Å². The summed E-state index contributed by atoms with van der Waals surface area (Å²) in [5.74, 6) is 0. The van der Waals surface area contributed by atoms with Crippen LogP contribution >= 0.6 is 0 Å². The minimum Gasteiger partial charge on any atom is -0.336 e. The molecule has 0 aromatic rings. The molecule has 0 aliphatic heterocycles. The van der Waals surface area contributed by atoms with Gasteiger partial charge in [0.25, 0.3) is 0 Å². The van der Waals surface area contributed by atoms with Crippen molar-refractivity contribution in [1.29, 1.82) is 0 Å². The highest BCUT2D eigenvalue weighted by molar-refractivity contribution is 5.74. The second kappa shape index (κ2) is 2.03. The van der Waals surface area contributed by atoms with E-state index in [0.717, 1.165) is 12.8 Å². The fourth-order valence-electron chi connectivity index (χ4n) is 0.464. The quantitative estimate of drug-likeness (QED) is 0.502. The lowest BCUT2D eigenvalue weighted by Gasteiger charge is -1.98. The molecule has 3 heteroatoms. The molecule has 1 rings (SSSR count). The van der Waals surface area contributed by atoms with Crippen LogP contribution in [-0.4, -0.2) is 12.1 Å². The molecule has 0 heterocycles. The van der Waals surface area contributed by atoms with Gasteiger partial charge in [0.15, 0.2) is 0 Å². The van der Waals surface area contributed by atoms with Gasteiger partial charge in [-0.3, -0.25) is 0 Å². The predicted octanol–water partition coefficient (Wildman–Crippen LogP) is 0.240. The number of urea groups is 1. The summed E-state index contributed by atoms with van der Waals surface area (Å²) < 4.78 is 0. The lowest BCUT2D eigenvalue weighted by Crippen LogP contribution is -2.32. The van der Waals surface area contributed by atoms with Crippen LogP contribution in [-0.2, 0) is 0 Å². The van der Waals surface area contributed by atoms with Gasteiger partial charge in [0, 0.05) is 13.1 Å². The molecule has 1 aliphatic rings. The highest BCUT2D eigenvalue weighted by Gasteiger charge is 2.22. The van der Waals surface area contributed by atoms with Crippen molar-refractivity contribution in [2.75, 3.05) is 0 Å². The van der Waals surface area contributed by atoms with Gasteiger partial charge in [0.05, 0.1) is 0 Å². The topological polar surface area (TPSA) is 41.1 Å². The maximum Gasteiger partial charge on any atom is 0.315 e. The van der Waals surface area contributed by atoms with Crippen LogP contribution in [0.25, 0.3) is 0 Å². The molecule has 0 aromatic heterocycles. The lowest BCUT2D eigenvalue weighted by atomic mass is 10.7. The van der Waals surface area contributed by atoms with Crippen LogP contribution < -0.4 is 10.6 Å². The molecule has 2 amide bonds. The van der Waals surface area contributed by atoms with E-state index in [1.165, 1.54) is 0 Å². The first-order valence-electron chi connectivity index (χ1n) is 2.66. The third kappa shape index (κ3) is 1.40. The SMILES string of the molecule is [CH2]NC(=O)NC1CC1. The van der Waals surface area contributed by atoms with E-state index in [1.54, 1.807) is 0 Å². The molecule has 1 saturated carbocycles. The standard InChI is InChI=1S/C5H9N2O/c1-6-5(8)7-4-2-3-4/h4H,1-3H2,(H2,6,7,8). The van der Waals surface area contributed by atoms with Gasteiger partial charge in [-0.05, 0) is 12.8 Å². The van der Waals surface area contributed by atoms with E-state index in [9.17, 15) is 4.79 Å². The Morgan fingerprint density at radius 1 is 1.62 bits per heavy atom. The fourth-order valence-corrected chi connectivity index (χ4v) is 0.464. The highest BCUT2D eigenvalue weighted by atomic mass is 16.2. The Hall–Kier alpha value is -0.730. The Morgan fingerprint density at radius 3 is 2.62 bits per heavy atom. The van der Waals surface area contributed by atoms with Gasteiger partial charge in [-0.2, -0.15) is 0 Å². The Bertz CT molecular complexity index is 98.6. The number of rotatable bonds is 1. The molecule has 45 valence electrons. The van der Waals surface area contributed by atoms with Gasteiger partial charge in [-0.1, -0.05) is 0 Å². The molecule has 0 aromatic carbocycles. The maximum absolute atomic E-state index is 10.4. The first-order valence-corrected chi connectivity index (χ1v) is 2.66. The van der Waals surface area contributed by atoms with Gasteiger partial charge in [-0.25, -0.2) is 4.79 Å². The molecule has 0 saturated heterocycles. The highest BCUT2D eigenvalue weighted by Crippen LogP contribution is 2.17. The Morgan fingerprint density at radius 2 is 2.25 bits per heavy atom. The summed E-state index contributed by atoms with van der Waals surface area (Å²) in [7, 11) is 3.20. The van der Waals surface area contributed by atoms with Crippen molar-refractivity contribution < 1.29 is 4.79 Å². The summed E-state index contributed by atoms with van der Waals surface area (Å²) in [6.45, 7) is 0. The number of nitrogens with one attached hydrogen (secondary N) is 2. The second-order valence-corrected chi connectivity index (χ2v) is 1.92. The molecule has 1 fully saturated rings. The smallest absolute Gasteiger partial charge is 0.315 e. The van der Waals surface area contributed by atoms with Gasteiger partial charge in [-0.15, -0.1) is 0 Å². The van der Waals surface area contributed by atoms with Crippen LogP contribution in [0.3, 0.4) is 0 Å². The van der Waals surface area contributed by atoms with Crippen LogP contribution in [0, 0.1) is 7.05 Å². The normalized spacial score (nSPS) is 17.6. The third-order valence-electron chi connectivity index (χ3n) is 1.07. The molecule has 0 unspecified atom stereocenters. The third-order valence-corrected chi connectivity index (χ3v) is 1.07. The summed E-state index contributed by atoms with van der Waals surface area (Å²) in [5, 5.41) is 4.93. The molecule has 0 bridgehead atoms. The van der Waals surface area contributed by atoms with Crippen molar-refractivity contribution in [2.24, 2.45) is 0 Å². The van der Waals surface area contributed by atoms with Crippen molar-refractivity contribution in [3.05, 3.63) is 7.05 Å². The summed E-state index contributed by atoms with van der Waals surface area (Å²) in [6, 6.07) is 0.254. The maximum atomic E-state index is 10.4. The molecule has 1 aliphatic carbocycles. The van der Waals surface area contributed by atoms with Gasteiger partial charge in [0.2, 0.25) is 0 Å². The first kappa shape index (κ1) is 5.41. The van der Waals surface area contributed by atoms with E-state index >= 15 is 0 Å². The predicted molar refractivity (Wildman–Crippen MR) is 30.0 cm³/mol. The Labute approximate surface area is 48.5 Å². The van der Waals surface area contributed by atoms with Crippen LogP contribution in [0.1, 0.15) is 12.8 Å². The average Bonchev–Trinajstić information content (AvgIpc) is 2.50. The first-order chi connectivity index (χ1) is 3.83. The number of hydrogen-bond donors (Lipinski definition) is 2.